The fourth-order valence-corrected chi connectivity index (χ4v) is 4.07. The van der Waals surface area contributed by atoms with Gasteiger partial charge in [-0.15, -0.1) is 11.3 Å². The smallest absolute Gasteiger partial charge is 0.142 e. The van der Waals surface area contributed by atoms with Crippen LogP contribution >= 0.6 is 11.3 Å². The summed E-state index contributed by atoms with van der Waals surface area (Å²) in [6.07, 6.45) is 4.75. The van der Waals surface area contributed by atoms with Crippen molar-refractivity contribution in [1.29, 1.82) is 5.26 Å². The van der Waals surface area contributed by atoms with E-state index in [0.29, 0.717) is 17.3 Å². The minimum atomic E-state index is 0.214. The van der Waals surface area contributed by atoms with Gasteiger partial charge in [0.25, 0.3) is 0 Å². The van der Waals surface area contributed by atoms with E-state index in [-0.39, 0.29) is 6.10 Å². The molecule has 0 bridgehead atoms. The lowest BCUT2D eigenvalue weighted by molar-refractivity contribution is 0.114. The zero-order valence-corrected chi connectivity index (χ0v) is 13.0. The SMILES string of the molecule is N#Cc1c(-c2ccc([C@@H]3CCCO3)s2)cc(C2CC2)nc1N. The Labute approximate surface area is 133 Å². The first-order valence-corrected chi connectivity index (χ1v) is 8.50. The number of ether oxygens (including phenoxy) is 1. The van der Waals surface area contributed by atoms with Crippen LogP contribution in [0.5, 0.6) is 0 Å². The maximum Gasteiger partial charge on any atom is 0.142 e. The summed E-state index contributed by atoms with van der Waals surface area (Å²) < 4.78 is 5.75. The van der Waals surface area contributed by atoms with Crippen molar-refractivity contribution < 1.29 is 4.74 Å². The van der Waals surface area contributed by atoms with Crippen LogP contribution in [0.2, 0.25) is 0 Å². The summed E-state index contributed by atoms with van der Waals surface area (Å²) in [5.74, 6) is 0.875. The highest BCUT2D eigenvalue weighted by atomic mass is 32.1. The third-order valence-electron chi connectivity index (χ3n) is 4.31. The maximum atomic E-state index is 9.43. The molecule has 1 saturated heterocycles. The molecule has 0 spiro atoms. The van der Waals surface area contributed by atoms with Gasteiger partial charge in [0.15, 0.2) is 0 Å². The summed E-state index contributed by atoms with van der Waals surface area (Å²) in [6.45, 7) is 0.843. The molecular formula is C17H17N3OS. The molecular weight excluding hydrogens is 294 g/mol. The number of aromatic nitrogens is 1. The highest BCUT2D eigenvalue weighted by molar-refractivity contribution is 7.15. The van der Waals surface area contributed by atoms with Gasteiger partial charge in [0.05, 0.1) is 6.10 Å². The van der Waals surface area contributed by atoms with Gasteiger partial charge in [0.2, 0.25) is 0 Å². The van der Waals surface area contributed by atoms with Gasteiger partial charge in [-0.05, 0) is 43.9 Å². The van der Waals surface area contributed by atoms with Crippen LogP contribution in [0.1, 0.15) is 53.8 Å². The van der Waals surface area contributed by atoms with Crippen LogP contribution in [0.4, 0.5) is 5.82 Å². The number of nitrogen functional groups attached to an aromatic ring is 1. The van der Waals surface area contributed by atoms with Gasteiger partial charge in [-0.2, -0.15) is 5.26 Å². The first kappa shape index (κ1) is 13.7. The van der Waals surface area contributed by atoms with Crippen molar-refractivity contribution in [2.45, 2.75) is 37.7 Å². The van der Waals surface area contributed by atoms with E-state index in [9.17, 15) is 5.26 Å². The third-order valence-corrected chi connectivity index (χ3v) is 5.52. The summed E-state index contributed by atoms with van der Waals surface area (Å²) in [4.78, 5) is 6.73. The number of rotatable bonds is 3. The van der Waals surface area contributed by atoms with E-state index >= 15 is 0 Å². The van der Waals surface area contributed by atoms with Gasteiger partial charge >= 0.3 is 0 Å². The van der Waals surface area contributed by atoms with Crippen LogP contribution in [0.25, 0.3) is 10.4 Å². The molecule has 4 rings (SSSR count). The molecule has 1 aliphatic carbocycles. The Morgan fingerprint density at radius 2 is 2.18 bits per heavy atom. The Balaban J connectivity index is 1.76. The Hall–Kier alpha value is -1.90. The molecule has 22 heavy (non-hydrogen) atoms. The van der Waals surface area contributed by atoms with E-state index in [1.807, 2.05) is 0 Å². The van der Waals surface area contributed by atoms with Crippen LogP contribution in [0, 0.1) is 11.3 Å². The molecule has 4 nitrogen and oxygen atoms in total. The van der Waals surface area contributed by atoms with Crippen molar-refractivity contribution in [1.82, 2.24) is 4.98 Å². The second-order valence-corrected chi connectivity index (χ2v) is 7.06. The highest BCUT2D eigenvalue weighted by Gasteiger charge is 2.27. The van der Waals surface area contributed by atoms with E-state index in [1.165, 1.54) is 17.7 Å². The number of hydrogen-bond acceptors (Lipinski definition) is 5. The molecule has 5 heteroatoms. The van der Waals surface area contributed by atoms with E-state index < -0.39 is 0 Å². The standard InChI is InChI=1S/C17H17N3OS/c18-9-12-11(8-13(10-3-4-10)20-17(12)19)15-5-6-16(22-15)14-2-1-7-21-14/h5-6,8,10,14H,1-4,7H2,(H2,19,20)/t14-/m0/s1. The van der Waals surface area contributed by atoms with Crippen molar-refractivity contribution in [3.05, 3.63) is 34.3 Å². The number of hydrogen-bond donors (Lipinski definition) is 1. The summed E-state index contributed by atoms with van der Waals surface area (Å²) in [5, 5.41) is 9.43. The first-order chi connectivity index (χ1) is 10.8. The fourth-order valence-electron chi connectivity index (χ4n) is 2.96. The molecule has 2 aromatic heterocycles. The molecule has 2 N–H and O–H groups in total. The molecule has 112 valence electrons. The predicted octanol–water partition coefficient (Wildman–Crippen LogP) is 3.99. The van der Waals surface area contributed by atoms with Crippen molar-refractivity contribution in [3.63, 3.8) is 0 Å². The molecule has 1 aliphatic heterocycles. The van der Waals surface area contributed by atoms with Gasteiger partial charge in [0.1, 0.15) is 17.5 Å². The first-order valence-electron chi connectivity index (χ1n) is 7.68. The number of pyridine rings is 1. The molecule has 2 aromatic rings. The third kappa shape index (κ3) is 2.39. The van der Waals surface area contributed by atoms with Gasteiger partial charge in [-0.3, -0.25) is 0 Å². The largest absolute Gasteiger partial charge is 0.383 e. The number of nitrogens with two attached hydrogens (primary N) is 1. The van der Waals surface area contributed by atoms with E-state index in [0.717, 1.165) is 35.6 Å². The van der Waals surface area contributed by atoms with Crippen LogP contribution in [0.3, 0.4) is 0 Å². The number of anilines is 1. The topological polar surface area (TPSA) is 71.9 Å². The quantitative estimate of drug-likeness (QED) is 0.930. The fraction of sp³-hybridized carbons (Fsp3) is 0.412. The maximum absolute atomic E-state index is 9.43. The lowest BCUT2D eigenvalue weighted by Crippen LogP contribution is -2.00. The second-order valence-electron chi connectivity index (χ2n) is 5.94. The molecule has 2 fully saturated rings. The normalized spacial score (nSPS) is 21.0. The van der Waals surface area contributed by atoms with Crippen molar-refractivity contribution in [3.8, 4) is 16.5 Å². The van der Waals surface area contributed by atoms with Crippen LogP contribution < -0.4 is 5.73 Å². The monoisotopic (exact) mass is 311 g/mol. The summed E-state index contributed by atoms with van der Waals surface area (Å²) >= 11 is 1.70. The average molecular weight is 311 g/mol. The minimum Gasteiger partial charge on any atom is -0.383 e. The number of thiophene rings is 1. The average Bonchev–Trinajstić information content (AvgIpc) is 3.02. The predicted molar refractivity (Wildman–Crippen MR) is 86.6 cm³/mol. The molecule has 3 heterocycles. The van der Waals surface area contributed by atoms with Crippen molar-refractivity contribution in [2.75, 3.05) is 12.3 Å². The lowest BCUT2D eigenvalue weighted by Gasteiger charge is -2.08. The Morgan fingerprint density at radius 3 is 2.86 bits per heavy atom. The zero-order chi connectivity index (χ0) is 15.1. The van der Waals surface area contributed by atoms with Crippen LogP contribution in [-0.2, 0) is 4.74 Å². The van der Waals surface area contributed by atoms with Crippen LogP contribution in [0.15, 0.2) is 18.2 Å². The zero-order valence-electron chi connectivity index (χ0n) is 12.2. The molecule has 2 aliphatic rings. The van der Waals surface area contributed by atoms with Gasteiger partial charge in [-0.1, -0.05) is 0 Å². The summed E-state index contributed by atoms with van der Waals surface area (Å²) in [5.41, 5.74) is 8.45. The Kier molecular flexibility index (Phi) is 3.36. The van der Waals surface area contributed by atoms with Gasteiger partial charge in [0, 0.05) is 33.5 Å². The summed E-state index contributed by atoms with van der Waals surface area (Å²) in [6, 6.07) is 8.46. The number of nitriles is 1. The minimum absolute atomic E-state index is 0.214. The van der Waals surface area contributed by atoms with E-state index in [1.54, 1.807) is 11.3 Å². The summed E-state index contributed by atoms with van der Waals surface area (Å²) in [7, 11) is 0. The number of nitrogens with zero attached hydrogens (tertiary/aromatic N) is 2. The van der Waals surface area contributed by atoms with E-state index in [2.05, 4.69) is 29.3 Å². The van der Waals surface area contributed by atoms with E-state index in [4.69, 9.17) is 10.5 Å². The Bertz CT molecular complexity index is 752. The van der Waals surface area contributed by atoms with Crippen molar-refractivity contribution >= 4 is 17.2 Å². The van der Waals surface area contributed by atoms with Gasteiger partial charge in [-0.25, -0.2) is 4.98 Å². The van der Waals surface area contributed by atoms with Crippen molar-refractivity contribution in [2.24, 2.45) is 0 Å². The van der Waals surface area contributed by atoms with Crippen LogP contribution in [-0.4, -0.2) is 11.6 Å². The molecule has 0 unspecified atom stereocenters. The Morgan fingerprint density at radius 1 is 1.32 bits per heavy atom. The second kappa shape index (κ2) is 5.38. The molecule has 0 amide bonds. The van der Waals surface area contributed by atoms with Gasteiger partial charge < -0.3 is 10.5 Å². The molecule has 0 aromatic carbocycles. The molecule has 1 saturated carbocycles. The lowest BCUT2D eigenvalue weighted by atomic mass is 10.1. The highest BCUT2D eigenvalue weighted by Crippen LogP contribution is 2.43. The molecule has 1 atom stereocenters. The molecule has 0 radical (unpaired) electrons.